The SMILES string of the molecule is COc1cc(/C=C(\C#N)C(=O)Nc2cccc([N+](=O)[O-])c2)ccc1Cc1ccccc1Cl. The lowest BCUT2D eigenvalue weighted by molar-refractivity contribution is -0.384. The quantitative estimate of drug-likeness (QED) is 0.226. The van der Waals surface area contributed by atoms with E-state index in [-0.39, 0.29) is 16.9 Å². The summed E-state index contributed by atoms with van der Waals surface area (Å²) in [4.78, 5) is 22.9. The number of ether oxygens (including phenoxy) is 1. The zero-order chi connectivity index (χ0) is 23.1. The summed E-state index contributed by atoms with van der Waals surface area (Å²) in [6.07, 6.45) is 1.99. The first-order valence-corrected chi connectivity index (χ1v) is 9.87. The van der Waals surface area contributed by atoms with Crippen molar-refractivity contribution in [2.45, 2.75) is 6.42 Å². The second-order valence-electron chi connectivity index (χ2n) is 6.77. The Morgan fingerprint density at radius 3 is 2.62 bits per heavy atom. The number of nitrogens with zero attached hydrogens (tertiary/aromatic N) is 2. The van der Waals surface area contributed by atoms with E-state index < -0.39 is 10.8 Å². The van der Waals surface area contributed by atoms with E-state index in [2.05, 4.69) is 5.32 Å². The number of hydrogen-bond donors (Lipinski definition) is 1. The molecule has 0 unspecified atom stereocenters. The van der Waals surface area contributed by atoms with Gasteiger partial charge in [0.15, 0.2) is 0 Å². The van der Waals surface area contributed by atoms with Gasteiger partial charge >= 0.3 is 0 Å². The Balaban J connectivity index is 1.83. The van der Waals surface area contributed by atoms with Crippen LogP contribution in [0.3, 0.4) is 0 Å². The van der Waals surface area contributed by atoms with Gasteiger partial charge < -0.3 is 10.1 Å². The van der Waals surface area contributed by atoms with Gasteiger partial charge in [-0.2, -0.15) is 5.26 Å². The third-order valence-electron chi connectivity index (χ3n) is 4.64. The van der Waals surface area contributed by atoms with Gasteiger partial charge in [-0.1, -0.05) is 48.0 Å². The molecular weight excluding hydrogens is 430 g/mol. The van der Waals surface area contributed by atoms with Gasteiger partial charge in [0.05, 0.1) is 12.0 Å². The summed E-state index contributed by atoms with van der Waals surface area (Å²) in [6.45, 7) is 0. The number of nitro groups is 1. The number of methoxy groups -OCH3 is 1. The number of anilines is 1. The summed E-state index contributed by atoms with van der Waals surface area (Å²) in [6, 6.07) is 20.2. The molecule has 8 heteroatoms. The third-order valence-corrected chi connectivity index (χ3v) is 5.01. The molecule has 0 spiro atoms. The van der Waals surface area contributed by atoms with Crippen molar-refractivity contribution in [1.82, 2.24) is 0 Å². The summed E-state index contributed by atoms with van der Waals surface area (Å²) >= 11 is 6.25. The molecule has 0 aliphatic rings. The Morgan fingerprint density at radius 1 is 1.16 bits per heavy atom. The van der Waals surface area contributed by atoms with Gasteiger partial charge in [-0.3, -0.25) is 14.9 Å². The van der Waals surface area contributed by atoms with Gasteiger partial charge in [0.1, 0.15) is 17.4 Å². The van der Waals surface area contributed by atoms with E-state index in [1.807, 2.05) is 36.4 Å². The molecule has 3 aromatic carbocycles. The van der Waals surface area contributed by atoms with Gasteiger partial charge in [0, 0.05) is 29.3 Å². The highest BCUT2D eigenvalue weighted by atomic mass is 35.5. The second kappa shape index (κ2) is 10.2. The van der Waals surface area contributed by atoms with Gasteiger partial charge in [0.2, 0.25) is 0 Å². The standard InChI is InChI=1S/C24H18ClN3O4/c1-32-23-12-16(9-10-18(23)13-17-5-2-3-8-22(17)25)11-19(15-26)24(29)27-20-6-4-7-21(14-20)28(30)31/h2-12,14H,13H2,1H3,(H,27,29)/b19-11+. The molecule has 0 aromatic heterocycles. The van der Waals surface area contributed by atoms with Crippen LogP contribution in [0.2, 0.25) is 5.02 Å². The molecule has 0 bridgehead atoms. The number of carbonyl (C=O) groups excluding carboxylic acids is 1. The van der Waals surface area contributed by atoms with Crippen molar-refractivity contribution >= 4 is 35.0 Å². The highest BCUT2D eigenvalue weighted by Gasteiger charge is 2.13. The molecule has 0 atom stereocenters. The molecule has 1 N–H and O–H groups in total. The summed E-state index contributed by atoms with van der Waals surface area (Å²) in [5.74, 6) is -0.0813. The highest BCUT2D eigenvalue weighted by Crippen LogP contribution is 2.27. The number of carbonyl (C=O) groups is 1. The first kappa shape index (κ1) is 22.5. The Labute approximate surface area is 189 Å². The minimum Gasteiger partial charge on any atom is -0.496 e. The monoisotopic (exact) mass is 447 g/mol. The van der Waals surface area contributed by atoms with Crippen LogP contribution in [-0.2, 0) is 11.2 Å². The van der Waals surface area contributed by atoms with Crippen LogP contribution in [0.1, 0.15) is 16.7 Å². The smallest absolute Gasteiger partial charge is 0.271 e. The zero-order valence-electron chi connectivity index (χ0n) is 17.0. The molecule has 160 valence electrons. The fourth-order valence-corrected chi connectivity index (χ4v) is 3.26. The van der Waals surface area contributed by atoms with Gasteiger partial charge in [0.25, 0.3) is 11.6 Å². The zero-order valence-corrected chi connectivity index (χ0v) is 17.8. The van der Waals surface area contributed by atoms with E-state index in [9.17, 15) is 20.2 Å². The molecule has 3 aromatic rings. The molecule has 0 aliphatic heterocycles. The third kappa shape index (κ3) is 5.50. The van der Waals surface area contributed by atoms with Crippen LogP contribution in [0.25, 0.3) is 6.08 Å². The topological polar surface area (TPSA) is 105 Å². The van der Waals surface area contributed by atoms with Gasteiger partial charge in [-0.25, -0.2) is 0 Å². The van der Waals surface area contributed by atoms with Crippen LogP contribution < -0.4 is 10.1 Å². The molecule has 0 aliphatic carbocycles. The summed E-state index contributed by atoms with van der Waals surface area (Å²) in [5, 5.41) is 23.5. The van der Waals surface area contributed by atoms with Crippen LogP contribution in [0.15, 0.2) is 72.3 Å². The van der Waals surface area contributed by atoms with E-state index in [4.69, 9.17) is 16.3 Å². The van der Waals surface area contributed by atoms with Crippen LogP contribution >= 0.6 is 11.6 Å². The van der Waals surface area contributed by atoms with Crippen molar-refractivity contribution in [3.05, 3.63) is 104 Å². The molecule has 0 saturated heterocycles. The lowest BCUT2D eigenvalue weighted by Gasteiger charge is -2.11. The van der Waals surface area contributed by atoms with E-state index in [1.165, 1.54) is 30.3 Å². The van der Waals surface area contributed by atoms with Crippen molar-refractivity contribution in [3.8, 4) is 11.8 Å². The van der Waals surface area contributed by atoms with Crippen molar-refractivity contribution in [1.29, 1.82) is 5.26 Å². The van der Waals surface area contributed by atoms with E-state index in [1.54, 1.807) is 19.2 Å². The fourth-order valence-electron chi connectivity index (χ4n) is 3.05. The van der Waals surface area contributed by atoms with Crippen LogP contribution in [0.4, 0.5) is 11.4 Å². The van der Waals surface area contributed by atoms with Crippen LogP contribution in [0.5, 0.6) is 5.75 Å². The Kier molecular flexibility index (Phi) is 7.21. The number of nitro benzene ring substituents is 1. The molecule has 0 fully saturated rings. The number of nitrogens with one attached hydrogen (secondary N) is 1. The van der Waals surface area contributed by atoms with E-state index in [0.29, 0.717) is 22.8 Å². The molecule has 1 amide bonds. The summed E-state index contributed by atoms with van der Waals surface area (Å²) in [5.41, 5.74) is 2.34. The summed E-state index contributed by atoms with van der Waals surface area (Å²) in [7, 11) is 1.54. The molecular formula is C24H18ClN3O4. The largest absolute Gasteiger partial charge is 0.496 e. The van der Waals surface area contributed by atoms with Crippen molar-refractivity contribution in [3.63, 3.8) is 0 Å². The Bertz CT molecular complexity index is 1250. The maximum atomic E-state index is 12.5. The number of non-ortho nitro benzene ring substituents is 1. The Morgan fingerprint density at radius 2 is 1.94 bits per heavy atom. The molecule has 32 heavy (non-hydrogen) atoms. The number of rotatable bonds is 7. The molecule has 3 rings (SSSR count). The lowest BCUT2D eigenvalue weighted by Crippen LogP contribution is -2.13. The minimum atomic E-state index is -0.674. The normalized spacial score (nSPS) is 10.8. The number of amides is 1. The lowest BCUT2D eigenvalue weighted by atomic mass is 10.0. The second-order valence-corrected chi connectivity index (χ2v) is 7.18. The maximum absolute atomic E-state index is 12.5. The number of halogens is 1. The number of benzene rings is 3. The van der Waals surface area contributed by atoms with Crippen molar-refractivity contribution in [2.24, 2.45) is 0 Å². The average molecular weight is 448 g/mol. The van der Waals surface area contributed by atoms with Crippen molar-refractivity contribution < 1.29 is 14.5 Å². The molecule has 0 saturated carbocycles. The molecule has 0 heterocycles. The first-order chi connectivity index (χ1) is 15.4. The first-order valence-electron chi connectivity index (χ1n) is 9.49. The molecule has 0 radical (unpaired) electrons. The van der Waals surface area contributed by atoms with Gasteiger partial charge in [-0.05, 0) is 41.0 Å². The minimum absolute atomic E-state index is 0.155. The highest BCUT2D eigenvalue weighted by molar-refractivity contribution is 6.31. The van der Waals surface area contributed by atoms with Gasteiger partial charge in [-0.15, -0.1) is 0 Å². The summed E-state index contributed by atoms with van der Waals surface area (Å²) < 4.78 is 5.49. The Hall–Kier alpha value is -4.15. The number of hydrogen-bond acceptors (Lipinski definition) is 5. The van der Waals surface area contributed by atoms with E-state index in [0.717, 1.165) is 11.1 Å². The number of nitriles is 1. The predicted molar refractivity (Wildman–Crippen MR) is 123 cm³/mol. The fraction of sp³-hybridized carbons (Fsp3) is 0.0833. The van der Waals surface area contributed by atoms with E-state index >= 15 is 0 Å². The average Bonchev–Trinajstić information content (AvgIpc) is 2.79. The van der Waals surface area contributed by atoms with Crippen LogP contribution in [0, 0.1) is 21.4 Å². The maximum Gasteiger partial charge on any atom is 0.271 e. The van der Waals surface area contributed by atoms with Crippen molar-refractivity contribution in [2.75, 3.05) is 12.4 Å². The van der Waals surface area contributed by atoms with Crippen LogP contribution in [-0.4, -0.2) is 17.9 Å². The predicted octanol–water partition coefficient (Wildman–Crippen LogP) is 5.39. The molecule has 7 nitrogen and oxygen atoms in total.